The number of nitrogens with two attached hydrogens (primary N) is 1. The van der Waals surface area contributed by atoms with Gasteiger partial charge in [0.2, 0.25) is 0 Å². The Morgan fingerprint density at radius 3 is 2.75 bits per heavy atom. The summed E-state index contributed by atoms with van der Waals surface area (Å²) in [5.74, 6) is -1.07. The number of carboxylic acids is 1. The first-order chi connectivity index (χ1) is 7.41. The van der Waals surface area contributed by atoms with Crippen molar-refractivity contribution in [3.05, 3.63) is 11.9 Å². The van der Waals surface area contributed by atoms with Crippen molar-refractivity contribution < 1.29 is 15.0 Å². The minimum Gasteiger partial charge on any atom is -0.480 e. The Bertz CT molecular complexity index is 363. The van der Waals surface area contributed by atoms with Gasteiger partial charge in [0, 0.05) is 12.6 Å². The SMILES string of the molecule is CC(O)C(C)n1cc(CC(N)C(=O)O)nn1. The second-order valence-electron chi connectivity index (χ2n) is 3.82. The first kappa shape index (κ1) is 12.6. The molecule has 4 N–H and O–H groups in total. The molecule has 0 bridgehead atoms. The first-order valence-corrected chi connectivity index (χ1v) is 4.99. The van der Waals surface area contributed by atoms with Gasteiger partial charge in [-0.2, -0.15) is 0 Å². The number of aliphatic hydroxyl groups excluding tert-OH is 1. The Kier molecular flexibility index (Phi) is 3.97. The quantitative estimate of drug-likeness (QED) is 0.606. The van der Waals surface area contributed by atoms with E-state index < -0.39 is 18.1 Å². The lowest BCUT2D eigenvalue weighted by atomic mass is 10.2. The Hall–Kier alpha value is -1.47. The van der Waals surface area contributed by atoms with Gasteiger partial charge in [0.15, 0.2) is 0 Å². The molecule has 1 rings (SSSR count). The average Bonchev–Trinajstić information content (AvgIpc) is 2.64. The van der Waals surface area contributed by atoms with Gasteiger partial charge in [-0.25, -0.2) is 4.68 Å². The van der Waals surface area contributed by atoms with E-state index in [0.29, 0.717) is 5.69 Å². The summed E-state index contributed by atoms with van der Waals surface area (Å²) < 4.78 is 1.49. The smallest absolute Gasteiger partial charge is 0.320 e. The van der Waals surface area contributed by atoms with Gasteiger partial charge in [-0.1, -0.05) is 5.21 Å². The number of hydrogen-bond donors (Lipinski definition) is 3. The van der Waals surface area contributed by atoms with Crippen LogP contribution < -0.4 is 5.73 Å². The number of nitrogens with zero attached hydrogens (tertiary/aromatic N) is 3. The van der Waals surface area contributed by atoms with Gasteiger partial charge in [0.25, 0.3) is 0 Å². The molecule has 16 heavy (non-hydrogen) atoms. The standard InChI is InChI=1S/C9H16N4O3/c1-5(6(2)14)13-4-7(11-12-13)3-8(10)9(15)16/h4-6,8,14H,3,10H2,1-2H3,(H,15,16). The summed E-state index contributed by atoms with van der Waals surface area (Å²) in [6.07, 6.45) is 1.17. The van der Waals surface area contributed by atoms with Gasteiger partial charge >= 0.3 is 5.97 Å². The van der Waals surface area contributed by atoms with E-state index in [2.05, 4.69) is 10.3 Å². The summed E-state index contributed by atoms with van der Waals surface area (Å²) in [4.78, 5) is 10.5. The fourth-order valence-corrected chi connectivity index (χ4v) is 1.14. The van der Waals surface area contributed by atoms with Crippen molar-refractivity contribution in [3.63, 3.8) is 0 Å². The lowest BCUT2D eigenvalue weighted by Gasteiger charge is -2.13. The molecule has 0 aliphatic heterocycles. The molecule has 0 saturated carbocycles. The molecule has 1 heterocycles. The van der Waals surface area contributed by atoms with Crippen molar-refractivity contribution in [1.29, 1.82) is 0 Å². The third kappa shape index (κ3) is 3.01. The summed E-state index contributed by atoms with van der Waals surface area (Å²) in [6.45, 7) is 3.44. The van der Waals surface area contributed by atoms with Crippen molar-refractivity contribution >= 4 is 5.97 Å². The number of carbonyl (C=O) groups is 1. The van der Waals surface area contributed by atoms with Gasteiger partial charge in [-0.15, -0.1) is 5.10 Å². The third-order valence-electron chi connectivity index (χ3n) is 2.42. The molecule has 0 aliphatic rings. The Labute approximate surface area is 92.9 Å². The minimum atomic E-state index is -1.07. The molecule has 0 fully saturated rings. The highest BCUT2D eigenvalue weighted by atomic mass is 16.4. The molecular weight excluding hydrogens is 212 g/mol. The molecule has 0 amide bonds. The molecule has 0 radical (unpaired) electrons. The second kappa shape index (κ2) is 5.04. The van der Waals surface area contributed by atoms with Crippen molar-refractivity contribution in [2.75, 3.05) is 0 Å². The molecule has 7 nitrogen and oxygen atoms in total. The maximum absolute atomic E-state index is 10.5. The van der Waals surface area contributed by atoms with Crippen LogP contribution in [0.2, 0.25) is 0 Å². The maximum Gasteiger partial charge on any atom is 0.320 e. The fraction of sp³-hybridized carbons (Fsp3) is 0.667. The molecule has 0 spiro atoms. The Morgan fingerprint density at radius 2 is 2.25 bits per heavy atom. The van der Waals surface area contributed by atoms with Crippen LogP contribution in [0.5, 0.6) is 0 Å². The van der Waals surface area contributed by atoms with Gasteiger partial charge in [-0.05, 0) is 13.8 Å². The zero-order chi connectivity index (χ0) is 12.3. The van der Waals surface area contributed by atoms with Crippen molar-refractivity contribution in [1.82, 2.24) is 15.0 Å². The number of carboxylic acid groups (broad SMARTS) is 1. The maximum atomic E-state index is 10.5. The molecular formula is C9H16N4O3. The van der Waals surface area contributed by atoms with E-state index in [1.165, 1.54) is 4.68 Å². The van der Waals surface area contributed by atoms with E-state index in [1.807, 2.05) is 0 Å². The molecule has 0 saturated heterocycles. The van der Waals surface area contributed by atoms with Crippen molar-refractivity contribution in [2.45, 2.75) is 38.5 Å². The number of aliphatic hydroxyl groups is 1. The largest absolute Gasteiger partial charge is 0.480 e. The highest BCUT2D eigenvalue weighted by molar-refractivity contribution is 5.73. The van der Waals surface area contributed by atoms with Crippen LogP contribution in [-0.4, -0.2) is 43.3 Å². The van der Waals surface area contributed by atoms with Crippen LogP contribution in [0, 0.1) is 0 Å². The normalized spacial score (nSPS) is 16.8. The van der Waals surface area contributed by atoms with E-state index in [1.54, 1.807) is 20.0 Å². The van der Waals surface area contributed by atoms with Crippen molar-refractivity contribution in [2.24, 2.45) is 5.73 Å². The van der Waals surface area contributed by atoms with Crippen LogP contribution in [0.25, 0.3) is 0 Å². The molecule has 1 aromatic heterocycles. The number of aliphatic carboxylic acids is 1. The summed E-state index contributed by atoms with van der Waals surface area (Å²) in [6, 6.07) is -1.19. The summed E-state index contributed by atoms with van der Waals surface area (Å²) in [5, 5.41) is 25.6. The van der Waals surface area contributed by atoms with Crippen LogP contribution in [0.15, 0.2) is 6.20 Å². The molecule has 3 unspecified atom stereocenters. The molecule has 0 aliphatic carbocycles. The molecule has 1 aromatic rings. The number of hydrogen-bond acceptors (Lipinski definition) is 5. The predicted molar refractivity (Wildman–Crippen MR) is 55.7 cm³/mol. The third-order valence-corrected chi connectivity index (χ3v) is 2.42. The van der Waals surface area contributed by atoms with E-state index in [9.17, 15) is 9.90 Å². The Balaban J connectivity index is 2.68. The van der Waals surface area contributed by atoms with E-state index in [4.69, 9.17) is 10.8 Å². The second-order valence-corrected chi connectivity index (χ2v) is 3.82. The fourth-order valence-electron chi connectivity index (χ4n) is 1.14. The van der Waals surface area contributed by atoms with E-state index in [0.717, 1.165) is 0 Å². The lowest BCUT2D eigenvalue weighted by Crippen LogP contribution is -2.32. The zero-order valence-corrected chi connectivity index (χ0v) is 9.24. The van der Waals surface area contributed by atoms with Crippen LogP contribution >= 0.6 is 0 Å². The zero-order valence-electron chi connectivity index (χ0n) is 9.24. The Morgan fingerprint density at radius 1 is 1.62 bits per heavy atom. The first-order valence-electron chi connectivity index (χ1n) is 4.99. The number of aromatic nitrogens is 3. The summed E-state index contributed by atoms with van der Waals surface area (Å²) in [7, 11) is 0. The van der Waals surface area contributed by atoms with Gasteiger partial charge in [-0.3, -0.25) is 4.79 Å². The van der Waals surface area contributed by atoms with Gasteiger partial charge < -0.3 is 15.9 Å². The molecule has 90 valence electrons. The van der Waals surface area contributed by atoms with E-state index >= 15 is 0 Å². The highest BCUT2D eigenvalue weighted by Gasteiger charge is 2.17. The average molecular weight is 228 g/mol. The van der Waals surface area contributed by atoms with Crippen LogP contribution in [0.3, 0.4) is 0 Å². The van der Waals surface area contributed by atoms with Crippen LogP contribution in [-0.2, 0) is 11.2 Å². The number of rotatable bonds is 5. The topological polar surface area (TPSA) is 114 Å². The summed E-state index contributed by atoms with van der Waals surface area (Å²) in [5.41, 5.74) is 5.87. The monoisotopic (exact) mass is 228 g/mol. The van der Waals surface area contributed by atoms with E-state index in [-0.39, 0.29) is 12.5 Å². The predicted octanol–water partition coefficient (Wildman–Crippen LogP) is -0.826. The van der Waals surface area contributed by atoms with Crippen molar-refractivity contribution in [3.8, 4) is 0 Å². The highest BCUT2D eigenvalue weighted by Crippen LogP contribution is 2.09. The summed E-state index contributed by atoms with van der Waals surface area (Å²) >= 11 is 0. The van der Waals surface area contributed by atoms with Gasteiger partial charge in [0.1, 0.15) is 6.04 Å². The lowest BCUT2D eigenvalue weighted by molar-refractivity contribution is -0.138. The van der Waals surface area contributed by atoms with Gasteiger partial charge in [0.05, 0.1) is 17.8 Å². The minimum absolute atomic E-state index is 0.127. The van der Waals surface area contributed by atoms with Crippen LogP contribution in [0.1, 0.15) is 25.6 Å². The molecule has 7 heteroatoms. The molecule has 3 atom stereocenters. The molecule has 0 aromatic carbocycles. The van der Waals surface area contributed by atoms with Crippen LogP contribution in [0.4, 0.5) is 0 Å².